The van der Waals surface area contributed by atoms with Gasteiger partial charge >= 0.3 is 5.97 Å². The minimum atomic E-state index is -1.47. The molecule has 0 spiro atoms. The Bertz CT molecular complexity index is 1590. The molecule has 5 saturated heterocycles. The molecule has 18 heteroatoms. The van der Waals surface area contributed by atoms with Crippen molar-refractivity contribution in [3.63, 3.8) is 0 Å². The Labute approximate surface area is 375 Å². The zero-order valence-corrected chi connectivity index (χ0v) is 38.0. The van der Waals surface area contributed by atoms with E-state index in [4.69, 9.17) is 37.9 Å². The van der Waals surface area contributed by atoms with Crippen LogP contribution in [0.25, 0.3) is 0 Å². The standard InChI is InChI=1S/C46H76O18/c1-21-26(17-47)59-40(22(2)32(21)51)62-37-35(54)28(19-49)61-42(38(37)63-39-23(3)33(52)25(50)20-58-39)57-16-15-46-12-8-6-7-9-30(46)44(4)13-10-24-31-36(55)34(53)27(18-48)60-41(31)64-43(56)45(24,5)29(44)11-14-46/h21-42,47-55H,6-20H2,1-5H3/t21-,22-,23-,24?,25-,26-,27-,28-,29+,30+,31-,32+,33-,34-,35-,36-,37+,38-,39+,40+,41+,42-,44-,45-,46+/m1/s1. The van der Waals surface area contributed by atoms with Crippen LogP contribution in [0.15, 0.2) is 0 Å². The van der Waals surface area contributed by atoms with Gasteiger partial charge in [0.2, 0.25) is 6.29 Å². The van der Waals surface area contributed by atoms with Crippen LogP contribution in [-0.4, -0.2) is 177 Å². The van der Waals surface area contributed by atoms with Crippen LogP contribution in [0, 0.1) is 57.7 Å². The summed E-state index contributed by atoms with van der Waals surface area (Å²) >= 11 is 0. The van der Waals surface area contributed by atoms with E-state index in [0.29, 0.717) is 12.8 Å². The number of hydrogen-bond donors (Lipinski definition) is 9. The van der Waals surface area contributed by atoms with E-state index in [2.05, 4.69) is 6.92 Å². The smallest absolute Gasteiger partial charge is 0.314 e. The number of aliphatic hydroxyl groups excluding tert-OH is 9. The molecule has 18 nitrogen and oxygen atoms in total. The summed E-state index contributed by atoms with van der Waals surface area (Å²) in [6.45, 7) is 7.99. The van der Waals surface area contributed by atoms with Gasteiger partial charge in [0.15, 0.2) is 18.9 Å². The summed E-state index contributed by atoms with van der Waals surface area (Å²) in [5.74, 6) is -2.87. The predicted octanol–water partition coefficient (Wildman–Crippen LogP) is 0.317. The maximum atomic E-state index is 14.3. The molecule has 25 atom stereocenters. The molecule has 3 saturated carbocycles. The third-order valence-corrected chi connectivity index (χ3v) is 18.1. The van der Waals surface area contributed by atoms with Crippen LogP contribution in [0.2, 0.25) is 0 Å². The van der Waals surface area contributed by atoms with Crippen LogP contribution < -0.4 is 0 Å². The Morgan fingerprint density at radius 1 is 0.641 bits per heavy atom. The minimum Gasteiger partial charge on any atom is -0.435 e. The third-order valence-electron chi connectivity index (χ3n) is 18.1. The molecular formula is C46H76O18. The summed E-state index contributed by atoms with van der Waals surface area (Å²) in [5, 5.41) is 96.8. The lowest BCUT2D eigenvalue weighted by atomic mass is 9.38. The van der Waals surface area contributed by atoms with Gasteiger partial charge < -0.3 is 83.9 Å². The molecule has 0 amide bonds. The number of carbonyl (C=O) groups is 1. The number of ether oxygens (including phenoxy) is 8. The van der Waals surface area contributed by atoms with Crippen molar-refractivity contribution in [3.8, 4) is 0 Å². The first kappa shape index (κ1) is 49.3. The lowest BCUT2D eigenvalue weighted by Crippen LogP contribution is -2.69. The fourth-order valence-corrected chi connectivity index (χ4v) is 14.3. The summed E-state index contributed by atoms with van der Waals surface area (Å²) < 4.78 is 49.9. The maximum Gasteiger partial charge on any atom is 0.314 e. The molecule has 9 N–H and O–H groups in total. The van der Waals surface area contributed by atoms with Gasteiger partial charge in [0.05, 0.1) is 68.8 Å². The van der Waals surface area contributed by atoms with E-state index in [-0.39, 0.29) is 54.4 Å². The fraction of sp³-hybridized carbons (Fsp3) is 0.978. The van der Waals surface area contributed by atoms with Crippen LogP contribution >= 0.6 is 0 Å². The predicted molar refractivity (Wildman–Crippen MR) is 221 cm³/mol. The van der Waals surface area contributed by atoms with E-state index in [0.717, 1.165) is 51.4 Å². The summed E-state index contributed by atoms with van der Waals surface area (Å²) in [4.78, 5) is 14.3. The van der Waals surface area contributed by atoms with Crippen molar-refractivity contribution in [1.29, 1.82) is 0 Å². The summed E-state index contributed by atoms with van der Waals surface area (Å²) in [6.07, 6.45) is -8.50. The van der Waals surface area contributed by atoms with Crippen molar-refractivity contribution in [2.75, 3.05) is 33.0 Å². The number of esters is 1. The highest BCUT2D eigenvalue weighted by Gasteiger charge is 2.70. The van der Waals surface area contributed by atoms with E-state index in [1.165, 1.54) is 0 Å². The normalized spacial score (nSPS) is 54.4. The van der Waals surface area contributed by atoms with Gasteiger partial charge in [-0.3, -0.25) is 4.79 Å². The summed E-state index contributed by atoms with van der Waals surface area (Å²) in [6, 6.07) is 0. The molecular weight excluding hydrogens is 840 g/mol. The molecule has 64 heavy (non-hydrogen) atoms. The number of hydrogen-bond acceptors (Lipinski definition) is 18. The molecule has 8 aliphatic rings. The average Bonchev–Trinajstić information content (AvgIpc) is 3.50. The van der Waals surface area contributed by atoms with Crippen molar-refractivity contribution in [1.82, 2.24) is 0 Å². The van der Waals surface area contributed by atoms with Crippen molar-refractivity contribution < 1.29 is 88.6 Å². The molecule has 1 unspecified atom stereocenters. The van der Waals surface area contributed by atoms with Gasteiger partial charge in [-0.15, -0.1) is 0 Å². The third kappa shape index (κ3) is 8.31. The summed E-state index contributed by atoms with van der Waals surface area (Å²) in [5.41, 5.74) is -1.41. The van der Waals surface area contributed by atoms with E-state index in [9.17, 15) is 50.8 Å². The maximum absolute atomic E-state index is 14.3. The zero-order valence-electron chi connectivity index (χ0n) is 38.0. The summed E-state index contributed by atoms with van der Waals surface area (Å²) in [7, 11) is 0. The van der Waals surface area contributed by atoms with Gasteiger partial charge in [-0.25, -0.2) is 0 Å². The topological polar surface area (TPSA) is 273 Å². The lowest BCUT2D eigenvalue weighted by molar-refractivity contribution is -0.379. The Balaban J connectivity index is 1.04. The molecule has 5 aliphatic heterocycles. The molecule has 5 heterocycles. The zero-order chi connectivity index (χ0) is 46.0. The van der Waals surface area contributed by atoms with E-state index in [1.54, 1.807) is 20.8 Å². The van der Waals surface area contributed by atoms with Gasteiger partial charge in [-0.2, -0.15) is 0 Å². The molecule has 0 aromatic carbocycles. The van der Waals surface area contributed by atoms with Gasteiger partial charge in [-0.05, 0) is 80.5 Å². The Morgan fingerprint density at radius 3 is 2.03 bits per heavy atom. The molecule has 0 aromatic heterocycles. The Kier molecular flexibility index (Phi) is 14.9. The van der Waals surface area contributed by atoms with Crippen LogP contribution in [0.3, 0.4) is 0 Å². The first-order valence-corrected chi connectivity index (χ1v) is 24.1. The number of carbonyl (C=O) groups excluding carboxylic acids is 1. The molecule has 3 aliphatic carbocycles. The van der Waals surface area contributed by atoms with E-state index >= 15 is 0 Å². The molecule has 0 radical (unpaired) electrons. The highest BCUT2D eigenvalue weighted by molar-refractivity contribution is 5.79. The fourth-order valence-electron chi connectivity index (χ4n) is 14.3. The van der Waals surface area contributed by atoms with Gasteiger partial charge in [0.25, 0.3) is 0 Å². The SMILES string of the molecule is C[C@H]1[C@H](O[C@H]2[C@H](O)[C@@H](CO)O[C@@H](OCC[C@@]34CCCCC[C@H]3[C@]3(C)CCC5[C@H]6[C@H](OC(=O)[C@@]5(C)[C@H]3CC4)O[C@H](CO)[C@@H](O)[C@@H]6O)[C@@H]2O[C@@H]2OC[C@@H](O)[C@H](O)[C@H]2C)O[C@H](CO)[C@@H](C)[C@@H]1O. The van der Waals surface area contributed by atoms with Crippen LogP contribution in [0.4, 0.5) is 0 Å². The molecule has 8 rings (SSSR count). The van der Waals surface area contributed by atoms with Gasteiger partial charge in [0.1, 0.15) is 42.7 Å². The van der Waals surface area contributed by atoms with Crippen molar-refractivity contribution in [2.45, 2.75) is 191 Å². The second-order valence-electron chi connectivity index (χ2n) is 21.3. The van der Waals surface area contributed by atoms with Crippen LogP contribution in [0.5, 0.6) is 0 Å². The first-order chi connectivity index (χ1) is 30.4. The molecule has 368 valence electrons. The Morgan fingerprint density at radius 2 is 1.31 bits per heavy atom. The number of fused-ring (bicyclic) bond motifs is 7. The number of aliphatic hydroxyl groups is 9. The molecule has 0 aromatic rings. The van der Waals surface area contributed by atoms with Crippen LogP contribution in [0.1, 0.15) is 98.8 Å². The first-order valence-electron chi connectivity index (χ1n) is 24.1. The monoisotopic (exact) mass is 917 g/mol. The van der Waals surface area contributed by atoms with Crippen LogP contribution in [-0.2, 0) is 42.7 Å². The largest absolute Gasteiger partial charge is 0.435 e. The quantitative estimate of drug-likeness (QED) is 0.126. The highest BCUT2D eigenvalue weighted by atomic mass is 16.8. The second-order valence-corrected chi connectivity index (χ2v) is 21.3. The molecule has 8 fully saturated rings. The van der Waals surface area contributed by atoms with E-state index < -0.39 is 135 Å². The average molecular weight is 917 g/mol. The van der Waals surface area contributed by atoms with Crippen molar-refractivity contribution >= 4 is 5.97 Å². The van der Waals surface area contributed by atoms with Gasteiger partial charge in [-0.1, -0.05) is 47.0 Å². The minimum absolute atomic E-state index is 0.0731. The lowest BCUT2D eigenvalue weighted by Gasteiger charge is -2.67. The molecule has 0 bridgehead atoms. The van der Waals surface area contributed by atoms with Gasteiger partial charge in [0, 0.05) is 17.8 Å². The number of rotatable bonds is 11. The second kappa shape index (κ2) is 19.3. The van der Waals surface area contributed by atoms with Crippen molar-refractivity contribution in [3.05, 3.63) is 0 Å². The van der Waals surface area contributed by atoms with E-state index in [1.807, 2.05) is 6.92 Å². The Hall–Kier alpha value is -1.17. The van der Waals surface area contributed by atoms with Crippen molar-refractivity contribution in [2.24, 2.45) is 57.7 Å². The highest BCUT2D eigenvalue weighted by Crippen LogP contribution is 2.71.